The molecule has 8 heteroatoms. The zero-order valence-electron chi connectivity index (χ0n) is 13.0. The number of anilines is 1. The van der Waals surface area contributed by atoms with Crippen molar-refractivity contribution in [1.29, 1.82) is 0 Å². The molecule has 2 heterocycles. The van der Waals surface area contributed by atoms with Gasteiger partial charge in [-0.15, -0.1) is 0 Å². The number of pyridine rings is 1. The van der Waals surface area contributed by atoms with E-state index < -0.39 is 10.5 Å². The van der Waals surface area contributed by atoms with Crippen molar-refractivity contribution in [3.05, 3.63) is 57.1 Å². The van der Waals surface area contributed by atoms with Gasteiger partial charge >= 0.3 is 5.82 Å². The Morgan fingerprint density at radius 1 is 1.29 bits per heavy atom. The third-order valence-electron chi connectivity index (χ3n) is 3.68. The number of fused-ring (bicyclic) bond motifs is 1. The minimum atomic E-state index is -1.11. The molecule has 0 radical (unpaired) electrons. The molecule has 1 aromatic carbocycles. The van der Waals surface area contributed by atoms with Gasteiger partial charge < -0.3 is 14.9 Å². The first kappa shape index (κ1) is 16.2. The lowest BCUT2D eigenvalue weighted by atomic mass is 10.0. The summed E-state index contributed by atoms with van der Waals surface area (Å²) in [4.78, 5) is 28.5. The molecule has 2 aromatic rings. The molecular weight excluding hydrogens is 334 g/mol. The molecule has 124 valence electrons. The van der Waals surface area contributed by atoms with Crippen molar-refractivity contribution in [3.63, 3.8) is 0 Å². The third kappa shape index (κ3) is 2.78. The van der Waals surface area contributed by atoms with E-state index in [9.17, 15) is 14.9 Å². The van der Waals surface area contributed by atoms with Gasteiger partial charge in [0.2, 0.25) is 0 Å². The van der Waals surface area contributed by atoms with Crippen LogP contribution < -0.4 is 9.64 Å². The van der Waals surface area contributed by atoms with Crippen LogP contribution in [0, 0.1) is 10.1 Å². The Morgan fingerprint density at radius 2 is 2.00 bits per heavy atom. The predicted molar refractivity (Wildman–Crippen MR) is 88.2 cm³/mol. The molecule has 0 bridgehead atoms. The van der Waals surface area contributed by atoms with Crippen LogP contribution in [0.2, 0.25) is 5.02 Å². The summed E-state index contributed by atoms with van der Waals surface area (Å²) in [6, 6.07) is 9.80. The molecule has 3 rings (SSSR count). The van der Waals surface area contributed by atoms with E-state index >= 15 is 0 Å². The van der Waals surface area contributed by atoms with Crippen molar-refractivity contribution in [2.24, 2.45) is 0 Å². The average molecular weight is 348 g/mol. The smallest absolute Gasteiger partial charge is 0.366 e. The van der Waals surface area contributed by atoms with Crippen LogP contribution in [0.25, 0.3) is 0 Å². The van der Waals surface area contributed by atoms with Crippen molar-refractivity contribution in [3.8, 4) is 5.75 Å². The van der Waals surface area contributed by atoms with Crippen LogP contribution in [0.4, 0.5) is 11.6 Å². The maximum atomic E-state index is 12.8. The molecule has 1 aliphatic rings. The van der Waals surface area contributed by atoms with E-state index in [4.69, 9.17) is 16.3 Å². The van der Waals surface area contributed by atoms with Crippen LogP contribution >= 0.6 is 11.6 Å². The molecule has 1 aliphatic heterocycles. The zero-order valence-corrected chi connectivity index (χ0v) is 13.8. The summed E-state index contributed by atoms with van der Waals surface area (Å²) < 4.78 is 5.66. The number of amides is 1. The minimum absolute atomic E-state index is 0.119. The number of halogens is 1. The molecule has 1 aromatic heterocycles. The van der Waals surface area contributed by atoms with Gasteiger partial charge in [0.25, 0.3) is 11.7 Å². The predicted octanol–water partition coefficient (Wildman–Crippen LogP) is 3.35. The fourth-order valence-corrected chi connectivity index (χ4v) is 2.68. The van der Waals surface area contributed by atoms with E-state index in [-0.39, 0.29) is 24.1 Å². The van der Waals surface area contributed by atoms with Gasteiger partial charge in [-0.05, 0) is 41.5 Å². The second-order valence-corrected chi connectivity index (χ2v) is 6.25. The first-order valence-electron chi connectivity index (χ1n) is 7.19. The largest absolute Gasteiger partial charge is 0.472 e. The van der Waals surface area contributed by atoms with Gasteiger partial charge in [0.1, 0.15) is 0 Å². The summed E-state index contributed by atoms with van der Waals surface area (Å²) in [6.07, 6.45) is 0. The highest BCUT2D eigenvalue weighted by Crippen LogP contribution is 2.38. The summed E-state index contributed by atoms with van der Waals surface area (Å²) in [7, 11) is 0. The molecule has 7 nitrogen and oxygen atoms in total. The van der Waals surface area contributed by atoms with Gasteiger partial charge in [0, 0.05) is 11.1 Å². The molecule has 0 fully saturated rings. The molecular formula is C16H14ClN3O4. The monoisotopic (exact) mass is 347 g/mol. The summed E-state index contributed by atoms with van der Waals surface area (Å²) in [5, 5.41) is 11.5. The van der Waals surface area contributed by atoms with Gasteiger partial charge in [0.05, 0.1) is 6.54 Å². The van der Waals surface area contributed by atoms with Gasteiger partial charge in [-0.25, -0.2) is 0 Å². The number of carbonyl (C=O) groups is 1. The normalized spacial score (nSPS) is 15.6. The SMILES string of the molecule is CC1(C)Oc2ccc([N+](=O)[O-])nc2N(Cc2ccccc2Cl)C1=O. The van der Waals surface area contributed by atoms with E-state index in [2.05, 4.69) is 4.98 Å². The van der Waals surface area contributed by atoms with E-state index in [1.54, 1.807) is 38.1 Å². The fraction of sp³-hybridized carbons (Fsp3) is 0.250. The number of carbonyl (C=O) groups excluding carboxylic acids is 1. The highest BCUT2D eigenvalue weighted by Gasteiger charge is 2.44. The lowest BCUT2D eigenvalue weighted by molar-refractivity contribution is -0.389. The zero-order chi connectivity index (χ0) is 17.5. The van der Waals surface area contributed by atoms with Crippen molar-refractivity contribution in [1.82, 2.24) is 4.98 Å². The topological polar surface area (TPSA) is 85.6 Å². The number of rotatable bonds is 3. The van der Waals surface area contributed by atoms with Crippen molar-refractivity contribution in [2.75, 3.05) is 4.90 Å². The summed E-state index contributed by atoms with van der Waals surface area (Å²) >= 11 is 6.17. The third-order valence-corrected chi connectivity index (χ3v) is 4.05. The molecule has 24 heavy (non-hydrogen) atoms. The Hall–Kier alpha value is -2.67. The second kappa shape index (κ2) is 5.76. The minimum Gasteiger partial charge on any atom is -0.472 e. The van der Waals surface area contributed by atoms with Crippen LogP contribution in [-0.2, 0) is 11.3 Å². The molecule has 0 N–H and O–H groups in total. The highest BCUT2D eigenvalue weighted by atomic mass is 35.5. The summed E-state index contributed by atoms with van der Waals surface area (Å²) in [5.41, 5.74) is -0.393. The second-order valence-electron chi connectivity index (χ2n) is 5.84. The van der Waals surface area contributed by atoms with Crippen LogP contribution in [0.1, 0.15) is 19.4 Å². The van der Waals surface area contributed by atoms with Gasteiger partial charge in [-0.2, -0.15) is 0 Å². The van der Waals surface area contributed by atoms with E-state index in [0.29, 0.717) is 16.3 Å². The molecule has 0 unspecified atom stereocenters. The fourth-order valence-electron chi connectivity index (χ4n) is 2.48. The van der Waals surface area contributed by atoms with Crippen LogP contribution in [0.3, 0.4) is 0 Å². The van der Waals surface area contributed by atoms with Crippen LogP contribution in [0.5, 0.6) is 5.75 Å². The standard InChI is InChI=1S/C16H14ClN3O4/c1-16(2)15(21)19(9-10-5-3-4-6-11(10)17)14-12(24-16)7-8-13(18-14)20(22)23/h3-8H,9H2,1-2H3. The molecule has 0 saturated heterocycles. The summed E-state index contributed by atoms with van der Waals surface area (Å²) in [5.74, 6) is -0.261. The Labute approximate surface area is 143 Å². The molecule has 0 saturated carbocycles. The van der Waals surface area contributed by atoms with Gasteiger partial charge in [-0.3, -0.25) is 9.69 Å². The molecule has 1 amide bonds. The van der Waals surface area contributed by atoms with E-state index in [1.165, 1.54) is 17.0 Å². The number of benzene rings is 1. The first-order valence-corrected chi connectivity index (χ1v) is 7.57. The number of hydrogen-bond acceptors (Lipinski definition) is 5. The molecule has 0 atom stereocenters. The van der Waals surface area contributed by atoms with Crippen molar-refractivity contribution < 1.29 is 14.5 Å². The van der Waals surface area contributed by atoms with Gasteiger partial charge in [-0.1, -0.05) is 29.8 Å². The van der Waals surface area contributed by atoms with Crippen LogP contribution in [-0.4, -0.2) is 21.4 Å². The number of hydrogen-bond donors (Lipinski definition) is 0. The number of ether oxygens (including phenoxy) is 1. The average Bonchev–Trinajstić information content (AvgIpc) is 2.52. The highest BCUT2D eigenvalue weighted by molar-refractivity contribution is 6.31. The lowest BCUT2D eigenvalue weighted by Gasteiger charge is -2.36. The maximum absolute atomic E-state index is 12.8. The van der Waals surface area contributed by atoms with Crippen molar-refractivity contribution in [2.45, 2.75) is 26.0 Å². The van der Waals surface area contributed by atoms with Crippen LogP contribution in [0.15, 0.2) is 36.4 Å². The first-order chi connectivity index (χ1) is 11.3. The number of aromatic nitrogens is 1. The Bertz CT molecular complexity index is 838. The number of nitro groups is 1. The number of nitrogens with zero attached hydrogens (tertiary/aromatic N) is 3. The Balaban J connectivity index is 2.10. The van der Waals surface area contributed by atoms with Crippen molar-refractivity contribution >= 4 is 29.1 Å². The maximum Gasteiger partial charge on any atom is 0.366 e. The Morgan fingerprint density at radius 3 is 2.67 bits per heavy atom. The summed E-state index contributed by atoms with van der Waals surface area (Å²) in [6.45, 7) is 3.42. The van der Waals surface area contributed by atoms with E-state index in [0.717, 1.165) is 0 Å². The molecule has 0 spiro atoms. The Kier molecular flexibility index (Phi) is 3.88. The van der Waals surface area contributed by atoms with E-state index in [1.807, 2.05) is 0 Å². The quantitative estimate of drug-likeness (QED) is 0.627. The van der Waals surface area contributed by atoms with Gasteiger partial charge in [0.15, 0.2) is 11.4 Å². The lowest BCUT2D eigenvalue weighted by Crippen LogP contribution is -2.52. The molecule has 0 aliphatic carbocycles.